The molecule has 2 unspecified atom stereocenters. The van der Waals surface area contributed by atoms with E-state index in [-0.39, 0.29) is 29.4 Å². The van der Waals surface area contributed by atoms with Gasteiger partial charge in [-0.25, -0.2) is 4.98 Å². The summed E-state index contributed by atoms with van der Waals surface area (Å²) in [6, 6.07) is 14.7. The number of carbonyl (C=O) groups is 1. The summed E-state index contributed by atoms with van der Waals surface area (Å²) in [7, 11) is 0. The Bertz CT molecular complexity index is 1130. The first-order valence-corrected chi connectivity index (χ1v) is 11.7. The van der Waals surface area contributed by atoms with Crippen molar-refractivity contribution in [2.75, 3.05) is 12.4 Å². The summed E-state index contributed by atoms with van der Waals surface area (Å²) in [4.78, 5) is 30.4. The molecule has 1 aliphatic heterocycles. The number of benzene rings is 2. The van der Waals surface area contributed by atoms with E-state index in [1.54, 1.807) is 22.8 Å². The summed E-state index contributed by atoms with van der Waals surface area (Å²) in [6.45, 7) is 3.08. The van der Waals surface area contributed by atoms with Crippen LogP contribution < -0.4 is 10.9 Å². The zero-order valence-electron chi connectivity index (χ0n) is 17.2. The van der Waals surface area contributed by atoms with Gasteiger partial charge in [-0.2, -0.15) is 0 Å². The Morgan fingerprint density at radius 1 is 1.32 bits per heavy atom. The first kappa shape index (κ1) is 21.9. The molecule has 8 heteroatoms. The normalized spacial score (nSPS) is 17.0. The van der Waals surface area contributed by atoms with Crippen LogP contribution in [0.5, 0.6) is 0 Å². The minimum absolute atomic E-state index is 0.0180. The molecule has 4 rings (SSSR count). The van der Waals surface area contributed by atoms with Crippen molar-refractivity contribution in [3.8, 4) is 0 Å². The Morgan fingerprint density at radius 2 is 2.13 bits per heavy atom. The van der Waals surface area contributed by atoms with Crippen molar-refractivity contribution in [1.82, 2.24) is 14.9 Å². The molecule has 3 aromatic rings. The second-order valence-electron chi connectivity index (χ2n) is 7.60. The molecular weight excluding hydrogens is 434 g/mol. The lowest BCUT2D eigenvalue weighted by molar-refractivity contribution is -0.119. The molecule has 31 heavy (non-hydrogen) atoms. The van der Waals surface area contributed by atoms with Gasteiger partial charge in [-0.05, 0) is 43.5 Å². The Kier molecular flexibility index (Phi) is 6.95. The highest BCUT2D eigenvalue weighted by Crippen LogP contribution is 2.23. The maximum absolute atomic E-state index is 13.2. The van der Waals surface area contributed by atoms with Crippen molar-refractivity contribution in [2.24, 2.45) is 0 Å². The van der Waals surface area contributed by atoms with Crippen LogP contribution in [-0.4, -0.2) is 33.9 Å². The lowest BCUT2D eigenvalue weighted by Gasteiger charge is -2.17. The third-order valence-corrected chi connectivity index (χ3v) is 6.51. The SMILES string of the molecule is CC(NC(=O)CSc1nc2cc(Cl)ccc2c(=O)n1CC1CCCO1)c1ccccc1. The maximum Gasteiger partial charge on any atom is 0.262 e. The Hall–Kier alpha value is -2.35. The predicted molar refractivity (Wildman–Crippen MR) is 124 cm³/mol. The first-order valence-electron chi connectivity index (χ1n) is 10.3. The monoisotopic (exact) mass is 457 g/mol. The molecule has 2 aromatic carbocycles. The number of fused-ring (bicyclic) bond motifs is 1. The molecule has 1 N–H and O–H groups in total. The Labute approximate surface area is 190 Å². The standard InChI is InChI=1S/C23H24ClN3O3S/c1-15(16-6-3-2-4-7-16)25-21(28)14-31-23-26-20-12-17(24)9-10-19(20)22(29)27(23)13-18-8-5-11-30-18/h2-4,6-7,9-10,12,15,18H,5,8,11,13-14H2,1H3,(H,25,28). The molecule has 0 spiro atoms. The van der Waals surface area contributed by atoms with Gasteiger partial charge in [-0.1, -0.05) is 53.7 Å². The van der Waals surface area contributed by atoms with Crippen LogP contribution in [0.25, 0.3) is 10.9 Å². The van der Waals surface area contributed by atoms with Gasteiger partial charge < -0.3 is 10.1 Å². The van der Waals surface area contributed by atoms with Gasteiger partial charge in [0.25, 0.3) is 5.56 Å². The number of halogens is 1. The van der Waals surface area contributed by atoms with Crippen molar-refractivity contribution in [1.29, 1.82) is 0 Å². The zero-order valence-corrected chi connectivity index (χ0v) is 18.8. The van der Waals surface area contributed by atoms with Gasteiger partial charge in [-0.3, -0.25) is 14.2 Å². The molecule has 1 amide bonds. The third-order valence-electron chi connectivity index (χ3n) is 5.30. The van der Waals surface area contributed by atoms with E-state index >= 15 is 0 Å². The number of ether oxygens (including phenoxy) is 1. The van der Waals surface area contributed by atoms with Crippen molar-refractivity contribution in [2.45, 2.75) is 43.6 Å². The van der Waals surface area contributed by atoms with Crippen molar-refractivity contribution in [3.63, 3.8) is 0 Å². The second-order valence-corrected chi connectivity index (χ2v) is 8.97. The van der Waals surface area contributed by atoms with E-state index in [0.29, 0.717) is 34.2 Å². The van der Waals surface area contributed by atoms with Gasteiger partial charge in [0.2, 0.25) is 5.91 Å². The number of aromatic nitrogens is 2. The average Bonchev–Trinajstić information content (AvgIpc) is 3.28. The van der Waals surface area contributed by atoms with E-state index in [2.05, 4.69) is 10.3 Å². The van der Waals surface area contributed by atoms with Crippen LogP contribution in [0.1, 0.15) is 31.4 Å². The number of amides is 1. The Morgan fingerprint density at radius 3 is 2.87 bits per heavy atom. The van der Waals surface area contributed by atoms with Gasteiger partial charge in [0.15, 0.2) is 5.16 Å². The number of thioether (sulfide) groups is 1. The minimum Gasteiger partial charge on any atom is -0.376 e. The van der Waals surface area contributed by atoms with E-state index in [4.69, 9.17) is 16.3 Å². The molecule has 1 saturated heterocycles. The molecule has 0 saturated carbocycles. The second kappa shape index (κ2) is 9.85. The van der Waals surface area contributed by atoms with Gasteiger partial charge in [-0.15, -0.1) is 0 Å². The van der Waals surface area contributed by atoms with E-state index in [0.717, 1.165) is 18.4 Å². The highest BCUT2D eigenvalue weighted by atomic mass is 35.5. The summed E-state index contributed by atoms with van der Waals surface area (Å²) in [5.74, 6) is 0.0340. The summed E-state index contributed by atoms with van der Waals surface area (Å²) in [5, 5.41) is 4.52. The number of rotatable bonds is 7. The zero-order chi connectivity index (χ0) is 21.8. The molecular formula is C23H24ClN3O3S. The smallest absolute Gasteiger partial charge is 0.262 e. The van der Waals surface area contributed by atoms with E-state index in [1.165, 1.54) is 11.8 Å². The van der Waals surface area contributed by atoms with Crippen molar-refractivity contribution < 1.29 is 9.53 Å². The van der Waals surface area contributed by atoms with E-state index < -0.39 is 0 Å². The van der Waals surface area contributed by atoms with Crippen molar-refractivity contribution in [3.05, 3.63) is 69.5 Å². The minimum atomic E-state index is -0.141. The molecule has 6 nitrogen and oxygen atoms in total. The molecule has 162 valence electrons. The van der Waals surface area contributed by atoms with Crippen molar-refractivity contribution >= 4 is 40.2 Å². The first-order chi connectivity index (χ1) is 15.0. The fraction of sp³-hybridized carbons (Fsp3) is 0.348. The van der Waals surface area contributed by atoms with E-state index in [9.17, 15) is 9.59 Å². The number of nitrogens with one attached hydrogen (secondary N) is 1. The number of hydrogen-bond donors (Lipinski definition) is 1. The van der Waals surface area contributed by atoms with Gasteiger partial charge in [0.05, 0.1) is 35.3 Å². The van der Waals surface area contributed by atoms with Crippen LogP contribution in [0.15, 0.2) is 58.5 Å². The van der Waals surface area contributed by atoms with Crippen LogP contribution in [0, 0.1) is 0 Å². The van der Waals surface area contributed by atoms with Crippen LogP contribution in [0.4, 0.5) is 0 Å². The van der Waals surface area contributed by atoms with E-state index in [1.807, 2.05) is 37.3 Å². The fourth-order valence-corrected chi connectivity index (χ4v) is 4.66. The average molecular weight is 458 g/mol. The van der Waals surface area contributed by atoms with Crippen LogP contribution in [0.2, 0.25) is 5.02 Å². The summed E-state index contributed by atoms with van der Waals surface area (Å²) in [6.07, 6.45) is 1.87. The third kappa shape index (κ3) is 5.29. The number of nitrogens with zero attached hydrogens (tertiary/aromatic N) is 2. The van der Waals surface area contributed by atoms with Crippen LogP contribution in [-0.2, 0) is 16.1 Å². The summed E-state index contributed by atoms with van der Waals surface area (Å²) < 4.78 is 7.36. The fourth-order valence-electron chi connectivity index (χ4n) is 3.68. The molecule has 1 fully saturated rings. The molecule has 0 bridgehead atoms. The molecule has 0 radical (unpaired) electrons. The molecule has 0 aliphatic carbocycles. The van der Waals surface area contributed by atoms with Gasteiger partial charge in [0, 0.05) is 11.6 Å². The molecule has 2 heterocycles. The Balaban J connectivity index is 1.54. The molecule has 1 aliphatic rings. The topological polar surface area (TPSA) is 73.2 Å². The highest BCUT2D eigenvalue weighted by Gasteiger charge is 2.21. The van der Waals surface area contributed by atoms with Gasteiger partial charge >= 0.3 is 0 Å². The van der Waals surface area contributed by atoms with Gasteiger partial charge in [0.1, 0.15) is 0 Å². The quantitative estimate of drug-likeness (QED) is 0.425. The summed E-state index contributed by atoms with van der Waals surface area (Å²) >= 11 is 7.36. The lowest BCUT2D eigenvalue weighted by Crippen LogP contribution is -2.30. The maximum atomic E-state index is 13.2. The highest BCUT2D eigenvalue weighted by molar-refractivity contribution is 7.99. The largest absolute Gasteiger partial charge is 0.376 e. The summed E-state index contributed by atoms with van der Waals surface area (Å²) in [5.41, 5.74) is 1.42. The van der Waals surface area contributed by atoms with Crippen LogP contribution in [0.3, 0.4) is 0 Å². The lowest BCUT2D eigenvalue weighted by atomic mass is 10.1. The predicted octanol–water partition coefficient (Wildman–Crippen LogP) is 4.20. The molecule has 1 aromatic heterocycles. The number of carbonyl (C=O) groups excluding carboxylic acids is 1. The molecule has 2 atom stereocenters. The number of hydrogen-bond acceptors (Lipinski definition) is 5. The van der Waals surface area contributed by atoms with Crippen LogP contribution >= 0.6 is 23.4 Å².